The minimum absolute atomic E-state index is 0.0824. The third-order valence-corrected chi connectivity index (χ3v) is 4.86. The molecule has 0 saturated heterocycles. The number of hydrogen-bond acceptors (Lipinski definition) is 4. The summed E-state index contributed by atoms with van der Waals surface area (Å²) in [4.78, 5) is 1.16. The lowest BCUT2D eigenvalue weighted by Crippen LogP contribution is -2.23. The minimum atomic E-state index is -0.138. The van der Waals surface area contributed by atoms with E-state index in [1.54, 1.807) is 18.4 Å². The largest absolute Gasteiger partial charge is 0.497 e. The summed E-state index contributed by atoms with van der Waals surface area (Å²) in [5, 5.41) is 2.06. The van der Waals surface area contributed by atoms with Crippen LogP contribution in [0.2, 0.25) is 0 Å². The molecule has 3 nitrogen and oxygen atoms in total. The van der Waals surface area contributed by atoms with E-state index in [1.807, 2.05) is 60.7 Å². The van der Waals surface area contributed by atoms with Crippen LogP contribution in [-0.4, -0.2) is 13.2 Å². The maximum atomic E-state index is 6.21. The first-order valence-electron chi connectivity index (χ1n) is 8.26. The molecule has 1 heterocycles. The first-order valence-corrected chi connectivity index (χ1v) is 9.14. The van der Waals surface area contributed by atoms with Crippen molar-refractivity contribution >= 4 is 11.3 Å². The fourth-order valence-electron chi connectivity index (χ4n) is 2.52. The highest BCUT2D eigenvalue weighted by atomic mass is 32.1. The number of ether oxygens (including phenoxy) is 3. The molecular weight excluding hydrogens is 332 g/mol. The molecule has 0 fully saturated rings. The summed E-state index contributed by atoms with van der Waals surface area (Å²) < 4.78 is 17.5. The molecule has 0 aliphatic rings. The van der Waals surface area contributed by atoms with E-state index in [0.717, 1.165) is 21.9 Å². The van der Waals surface area contributed by atoms with Crippen molar-refractivity contribution in [2.45, 2.75) is 25.7 Å². The Labute approximate surface area is 152 Å². The second kappa shape index (κ2) is 8.70. The Morgan fingerprint density at radius 1 is 0.880 bits per heavy atom. The van der Waals surface area contributed by atoms with Crippen LogP contribution in [0.5, 0.6) is 11.5 Å². The molecule has 2 atom stereocenters. The molecule has 2 unspecified atom stereocenters. The molecule has 1 aromatic heterocycles. The highest BCUT2D eigenvalue weighted by Gasteiger charge is 2.23. The number of thiophene rings is 1. The van der Waals surface area contributed by atoms with Gasteiger partial charge in [0.25, 0.3) is 0 Å². The van der Waals surface area contributed by atoms with Gasteiger partial charge in [-0.25, -0.2) is 0 Å². The maximum absolute atomic E-state index is 6.21. The normalized spacial score (nSPS) is 13.2. The van der Waals surface area contributed by atoms with Crippen molar-refractivity contribution in [2.75, 3.05) is 7.11 Å². The van der Waals surface area contributed by atoms with Gasteiger partial charge in [0.2, 0.25) is 0 Å². The molecular formula is C21H22O3S. The molecule has 0 saturated carbocycles. The van der Waals surface area contributed by atoms with Gasteiger partial charge in [0.1, 0.15) is 11.5 Å². The van der Waals surface area contributed by atoms with Crippen molar-refractivity contribution in [2.24, 2.45) is 0 Å². The fraction of sp³-hybridized carbons (Fsp3) is 0.238. The third-order valence-electron chi connectivity index (χ3n) is 3.93. The molecule has 3 rings (SSSR count). The molecule has 0 bridgehead atoms. The third kappa shape index (κ3) is 4.84. The van der Waals surface area contributed by atoms with Gasteiger partial charge in [-0.15, -0.1) is 11.3 Å². The van der Waals surface area contributed by atoms with Crippen LogP contribution in [0.15, 0.2) is 72.1 Å². The zero-order valence-electron chi connectivity index (χ0n) is 14.4. The summed E-state index contributed by atoms with van der Waals surface area (Å²) in [5.74, 6) is 1.70. The van der Waals surface area contributed by atoms with Crippen LogP contribution in [0, 0.1) is 0 Å². The van der Waals surface area contributed by atoms with Crippen LogP contribution in [-0.2, 0) is 11.3 Å². The molecule has 0 aliphatic carbocycles. The minimum Gasteiger partial charge on any atom is -0.497 e. The van der Waals surface area contributed by atoms with E-state index in [1.165, 1.54) is 0 Å². The van der Waals surface area contributed by atoms with E-state index in [-0.39, 0.29) is 12.2 Å². The molecule has 0 amide bonds. The summed E-state index contributed by atoms with van der Waals surface area (Å²) >= 11 is 1.68. The first kappa shape index (κ1) is 17.5. The first-order chi connectivity index (χ1) is 12.3. The number of hydrogen-bond donors (Lipinski definition) is 0. The van der Waals surface area contributed by atoms with Crippen LogP contribution in [0.4, 0.5) is 0 Å². The highest BCUT2D eigenvalue weighted by molar-refractivity contribution is 7.10. The fourth-order valence-corrected chi connectivity index (χ4v) is 3.37. The number of benzene rings is 2. The van der Waals surface area contributed by atoms with Crippen LogP contribution < -0.4 is 9.47 Å². The lowest BCUT2D eigenvalue weighted by Gasteiger charge is -2.24. The molecule has 0 radical (unpaired) electrons. The van der Waals surface area contributed by atoms with Crippen molar-refractivity contribution < 1.29 is 14.2 Å². The number of methoxy groups -OCH3 is 1. The zero-order valence-corrected chi connectivity index (χ0v) is 15.2. The second-order valence-electron chi connectivity index (χ2n) is 5.73. The zero-order chi connectivity index (χ0) is 17.5. The second-order valence-corrected chi connectivity index (χ2v) is 6.71. The van der Waals surface area contributed by atoms with Crippen molar-refractivity contribution in [3.05, 3.63) is 82.6 Å². The van der Waals surface area contributed by atoms with Gasteiger partial charge in [0.05, 0.1) is 19.8 Å². The van der Waals surface area contributed by atoms with Crippen molar-refractivity contribution in [3.63, 3.8) is 0 Å². The van der Waals surface area contributed by atoms with Crippen LogP contribution in [0.25, 0.3) is 0 Å². The van der Waals surface area contributed by atoms with Gasteiger partial charge in [0.15, 0.2) is 6.10 Å². The van der Waals surface area contributed by atoms with E-state index in [2.05, 4.69) is 18.4 Å². The average molecular weight is 354 g/mol. The van der Waals surface area contributed by atoms with E-state index < -0.39 is 0 Å². The van der Waals surface area contributed by atoms with Gasteiger partial charge in [-0.3, -0.25) is 0 Å². The van der Waals surface area contributed by atoms with Gasteiger partial charge in [-0.2, -0.15) is 0 Å². The molecule has 25 heavy (non-hydrogen) atoms. The van der Waals surface area contributed by atoms with Crippen molar-refractivity contribution in [1.29, 1.82) is 0 Å². The van der Waals surface area contributed by atoms with Gasteiger partial charge in [-0.05, 0) is 48.2 Å². The SMILES string of the molecule is COc1ccc(COC(C)C(Oc2ccccc2)c2cccs2)cc1. The highest BCUT2D eigenvalue weighted by Crippen LogP contribution is 2.30. The predicted octanol–water partition coefficient (Wildman–Crippen LogP) is 5.48. The summed E-state index contributed by atoms with van der Waals surface area (Å²) in [6.07, 6.45) is -0.221. The Kier molecular flexibility index (Phi) is 6.09. The number of para-hydroxylation sites is 1. The Morgan fingerprint density at radius 3 is 2.28 bits per heavy atom. The van der Waals surface area contributed by atoms with Crippen LogP contribution in [0.3, 0.4) is 0 Å². The molecule has 130 valence electrons. The molecule has 2 aromatic carbocycles. The van der Waals surface area contributed by atoms with E-state index in [9.17, 15) is 0 Å². The van der Waals surface area contributed by atoms with Gasteiger partial charge in [-0.1, -0.05) is 36.4 Å². The summed E-state index contributed by atoms with van der Waals surface area (Å²) in [5.41, 5.74) is 1.11. The lowest BCUT2D eigenvalue weighted by atomic mass is 10.1. The summed E-state index contributed by atoms with van der Waals surface area (Å²) in [7, 11) is 1.67. The topological polar surface area (TPSA) is 27.7 Å². The van der Waals surface area contributed by atoms with Crippen molar-refractivity contribution in [1.82, 2.24) is 0 Å². The van der Waals surface area contributed by atoms with Crippen LogP contribution in [0.1, 0.15) is 23.5 Å². The predicted molar refractivity (Wildman–Crippen MR) is 101 cm³/mol. The lowest BCUT2D eigenvalue weighted by molar-refractivity contribution is -0.0238. The molecule has 0 aliphatic heterocycles. The standard InChI is InChI=1S/C21H22O3S/c1-16(23-15-17-10-12-18(22-2)13-11-17)21(20-9-6-14-25-20)24-19-7-4-3-5-8-19/h3-14,16,21H,15H2,1-2H3. The Hall–Kier alpha value is -2.30. The van der Waals surface area contributed by atoms with E-state index in [4.69, 9.17) is 14.2 Å². The summed E-state index contributed by atoms with van der Waals surface area (Å²) in [6, 6.07) is 21.9. The Bertz CT molecular complexity index is 739. The Morgan fingerprint density at radius 2 is 1.64 bits per heavy atom. The Balaban J connectivity index is 1.67. The average Bonchev–Trinajstić information content (AvgIpc) is 3.20. The molecule has 0 N–H and O–H groups in total. The summed E-state index contributed by atoms with van der Waals surface area (Å²) in [6.45, 7) is 2.59. The molecule has 0 spiro atoms. The smallest absolute Gasteiger partial charge is 0.159 e. The maximum Gasteiger partial charge on any atom is 0.159 e. The molecule has 3 aromatic rings. The molecule has 4 heteroatoms. The quantitative estimate of drug-likeness (QED) is 0.536. The van der Waals surface area contributed by atoms with E-state index >= 15 is 0 Å². The van der Waals surface area contributed by atoms with Gasteiger partial charge >= 0.3 is 0 Å². The van der Waals surface area contributed by atoms with Crippen molar-refractivity contribution in [3.8, 4) is 11.5 Å². The van der Waals surface area contributed by atoms with Gasteiger partial charge < -0.3 is 14.2 Å². The van der Waals surface area contributed by atoms with E-state index in [0.29, 0.717) is 6.61 Å². The number of rotatable bonds is 8. The van der Waals surface area contributed by atoms with Crippen LogP contribution >= 0.6 is 11.3 Å². The van der Waals surface area contributed by atoms with Gasteiger partial charge in [0, 0.05) is 4.88 Å². The monoisotopic (exact) mass is 354 g/mol.